The predicted molar refractivity (Wildman–Crippen MR) is 51.2 cm³/mol. The molecule has 0 saturated heterocycles. The highest BCUT2D eigenvalue weighted by Crippen LogP contribution is 2.42. The highest BCUT2D eigenvalue weighted by atomic mass is 31.2. The van der Waals surface area contributed by atoms with E-state index in [1.165, 1.54) is 14.2 Å². The molecule has 0 aliphatic rings. The zero-order valence-electron chi connectivity index (χ0n) is 8.88. The molecule has 0 rings (SSSR count). The Morgan fingerprint density at radius 2 is 1.73 bits per heavy atom. The van der Waals surface area contributed by atoms with Crippen molar-refractivity contribution in [2.75, 3.05) is 40.6 Å². The van der Waals surface area contributed by atoms with Crippen LogP contribution in [0.3, 0.4) is 0 Å². The van der Waals surface area contributed by atoms with E-state index in [-0.39, 0.29) is 26.4 Å². The summed E-state index contributed by atoms with van der Waals surface area (Å²) in [6, 6.07) is 0. The zero-order valence-corrected chi connectivity index (χ0v) is 9.77. The van der Waals surface area contributed by atoms with E-state index in [2.05, 4.69) is 23.6 Å². The summed E-state index contributed by atoms with van der Waals surface area (Å²) in [6.45, 7) is 0.595. The van der Waals surface area contributed by atoms with Gasteiger partial charge in [0, 0.05) is 7.11 Å². The Morgan fingerprint density at radius 1 is 1.07 bits per heavy atom. The molecule has 0 radical (unpaired) electrons. The maximum absolute atomic E-state index is 11.1. The molecule has 15 heavy (non-hydrogen) atoms. The zero-order chi connectivity index (χ0) is 11.6. The normalized spacial score (nSPS) is 15.1. The third-order valence-corrected chi connectivity index (χ3v) is 2.30. The summed E-state index contributed by atoms with van der Waals surface area (Å²) in [7, 11) is -1.10. The SMILES string of the molecule is COCCOP(=O)(O)OCCCOOC. The van der Waals surface area contributed by atoms with Gasteiger partial charge in [-0.25, -0.2) is 14.3 Å². The van der Waals surface area contributed by atoms with E-state index in [9.17, 15) is 4.57 Å². The van der Waals surface area contributed by atoms with Crippen molar-refractivity contribution in [1.82, 2.24) is 0 Å². The molecular formula is C7H17O7P. The van der Waals surface area contributed by atoms with Crippen LogP contribution in [0.25, 0.3) is 0 Å². The molecule has 8 heteroatoms. The third-order valence-electron chi connectivity index (χ3n) is 1.29. The summed E-state index contributed by atoms with van der Waals surface area (Å²) in [5.74, 6) is 0. The summed E-state index contributed by atoms with van der Waals surface area (Å²) in [5.41, 5.74) is 0. The van der Waals surface area contributed by atoms with Crippen LogP contribution in [0.2, 0.25) is 0 Å². The lowest BCUT2D eigenvalue weighted by molar-refractivity contribution is -0.273. The highest BCUT2D eigenvalue weighted by Gasteiger charge is 2.19. The average Bonchev–Trinajstić information content (AvgIpc) is 2.17. The summed E-state index contributed by atoms with van der Waals surface area (Å²) in [5, 5.41) is 0. The van der Waals surface area contributed by atoms with Crippen LogP contribution in [0, 0.1) is 0 Å². The first-order valence-corrected chi connectivity index (χ1v) is 5.88. The summed E-state index contributed by atoms with van der Waals surface area (Å²) < 4.78 is 24.9. The number of rotatable bonds is 10. The van der Waals surface area contributed by atoms with Crippen molar-refractivity contribution < 1.29 is 33.0 Å². The smallest absolute Gasteiger partial charge is 0.382 e. The van der Waals surface area contributed by atoms with E-state index < -0.39 is 7.82 Å². The van der Waals surface area contributed by atoms with Gasteiger partial charge < -0.3 is 9.63 Å². The second kappa shape index (κ2) is 9.23. The number of hydrogen-bond donors (Lipinski definition) is 1. The van der Waals surface area contributed by atoms with E-state index in [0.29, 0.717) is 6.42 Å². The molecule has 92 valence electrons. The van der Waals surface area contributed by atoms with E-state index in [1.807, 2.05) is 0 Å². The van der Waals surface area contributed by atoms with Crippen LogP contribution in [0.15, 0.2) is 0 Å². The first-order chi connectivity index (χ1) is 7.12. The second-order valence-corrected chi connectivity index (χ2v) is 3.92. The van der Waals surface area contributed by atoms with Gasteiger partial charge in [0.15, 0.2) is 0 Å². The molecule has 1 N–H and O–H groups in total. The minimum Gasteiger partial charge on any atom is -0.382 e. The number of ether oxygens (including phenoxy) is 1. The molecule has 0 fully saturated rings. The van der Waals surface area contributed by atoms with Crippen molar-refractivity contribution in [2.45, 2.75) is 6.42 Å². The quantitative estimate of drug-likeness (QED) is 0.262. The Kier molecular flexibility index (Phi) is 9.23. The minimum absolute atomic E-state index is 0.0127. The monoisotopic (exact) mass is 244 g/mol. The summed E-state index contributed by atoms with van der Waals surface area (Å²) in [4.78, 5) is 17.9. The van der Waals surface area contributed by atoms with Crippen molar-refractivity contribution in [3.63, 3.8) is 0 Å². The summed E-state index contributed by atoms with van der Waals surface area (Å²) >= 11 is 0. The van der Waals surface area contributed by atoms with Gasteiger partial charge >= 0.3 is 7.82 Å². The fourth-order valence-electron chi connectivity index (χ4n) is 0.654. The van der Waals surface area contributed by atoms with E-state index in [4.69, 9.17) is 4.89 Å². The molecule has 0 aromatic carbocycles. The summed E-state index contributed by atoms with van der Waals surface area (Å²) in [6.07, 6.45) is 0.437. The number of phosphoric ester groups is 1. The topological polar surface area (TPSA) is 83.5 Å². The van der Waals surface area contributed by atoms with Gasteiger partial charge in [0.1, 0.15) is 0 Å². The molecule has 0 aromatic rings. The lowest BCUT2D eigenvalue weighted by Gasteiger charge is -2.11. The number of phosphoric acid groups is 1. The Balaban J connectivity index is 3.43. The second-order valence-electron chi connectivity index (χ2n) is 2.47. The third kappa shape index (κ3) is 10.3. The van der Waals surface area contributed by atoms with Crippen LogP contribution in [0.1, 0.15) is 6.42 Å². The van der Waals surface area contributed by atoms with Crippen molar-refractivity contribution in [3.8, 4) is 0 Å². The van der Waals surface area contributed by atoms with Crippen molar-refractivity contribution in [1.29, 1.82) is 0 Å². The van der Waals surface area contributed by atoms with Crippen LogP contribution in [-0.2, 0) is 28.1 Å². The van der Waals surface area contributed by atoms with Crippen LogP contribution in [0.4, 0.5) is 0 Å². The van der Waals surface area contributed by atoms with Gasteiger partial charge in [-0.1, -0.05) is 0 Å². The molecule has 1 unspecified atom stereocenters. The molecule has 0 heterocycles. The molecule has 0 aromatic heterocycles. The van der Waals surface area contributed by atoms with Gasteiger partial charge in [-0.15, -0.1) is 0 Å². The molecule has 1 atom stereocenters. The van der Waals surface area contributed by atoms with E-state index >= 15 is 0 Å². The Labute approximate surface area is 88.8 Å². The Bertz CT molecular complexity index is 186. The first kappa shape index (κ1) is 15.0. The van der Waals surface area contributed by atoms with Gasteiger partial charge in [0.05, 0.1) is 33.5 Å². The van der Waals surface area contributed by atoms with Gasteiger partial charge in [0.25, 0.3) is 0 Å². The fraction of sp³-hybridized carbons (Fsp3) is 1.00. The molecule has 0 bridgehead atoms. The number of methoxy groups -OCH3 is 1. The van der Waals surface area contributed by atoms with Crippen molar-refractivity contribution in [3.05, 3.63) is 0 Å². The molecule has 0 saturated carbocycles. The first-order valence-electron chi connectivity index (χ1n) is 4.39. The van der Waals surface area contributed by atoms with E-state index in [1.54, 1.807) is 0 Å². The van der Waals surface area contributed by atoms with Crippen LogP contribution >= 0.6 is 7.82 Å². The van der Waals surface area contributed by atoms with Crippen LogP contribution < -0.4 is 0 Å². The van der Waals surface area contributed by atoms with Gasteiger partial charge in [-0.05, 0) is 6.42 Å². The minimum atomic E-state index is -3.95. The predicted octanol–water partition coefficient (Wildman–Crippen LogP) is 0.734. The molecule has 0 amide bonds. The lowest BCUT2D eigenvalue weighted by Crippen LogP contribution is -2.04. The molecule has 0 aliphatic carbocycles. The van der Waals surface area contributed by atoms with Gasteiger partial charge in [-0.3, -0.25) is 9.05 Å². The molecule has 7 nitrogen and oxygen atoms in total. The fourth-order valence-corrected chi connectivity index (χ4v) is 1.39. The van der Waals surface area contributed by atoms with Crippen LogP contribution in [0.5, 0.6) is 0 Å². The van der Waals surface area contributed by atoms with Crippen molar-refractivity contribution >= 4 is 7.82 Å². The maximum atomic E-state index is 11.1. The average molecular weight is 244 g/mol. The molecule has 0 aliphatic heterocycles. The highest BCUT2D eigenvalue weighted by molar-refractivity contribution is 7.47. The maximum Gasteiger partial charge on any atom is 0.472 e. The molecule has 0 spiro atoms. The van der Waals surface area contributed by atoms with Gasteiger partial charge in [-0.2, -0.15) is 0 Å². The number of hydrogen-bond acceptors (Lipinski definition) is 6. The standard InChI is InChI=1S/C7H17O7P/c1-10-6-7-14-15(8,9)13-5-3-4-12-11-2/h3-7H2,1-2H3,(H,8,9). The Morgan fingerprint density at radius 3 is 2.33 bits per heavy atom. The Hall–Kier alpha value is -0.0100. The largest absolute Gasteiger partial charge is 0.472 e. The van der Waals surface area contributed by atoms with Crippen LogP contribution in [-0.4, -0.2) is 45.5 Å². The lowest BCUT2D eigenvalue weighted by atomic mass is 10.5. The van der Waals surface area contributed by atoms with E-state index in [0.717, 1.165) is 0 Å². The van der Waals surface area contributed by atoms with Crippen molar-refractivity contribution in [2.24, 2.45) is 0 Å². The van der Waals surface area contributed by atoms with Gasteiger partial charge in [0.2, 0.25) is 0 Å². The molecular weight excluding hydrogens is 227 g/mol.